The molecule has 0 saturated carbocycles. The number of hydrogen-bond acceptors (Lipinski definition) is 2. The van der Waals surface area contributed by atoms with Crippen LogP contribution in [0.4, 0.5) is 0 Å². The van der Waals surface area contributed by atoms with E-state index in [1.54, 1.807) is 6.92 Å². The molecule has 0 spiro atoms. The summed E-state index contributed by atoms with van der Waals surface area (Å²) in [7, 11) is 0. The van der Waals surface area contributed by atoms with E-state index in [2.05, 4.69) is 25.7 Å². The molecule has 1 aliphatic heterocycles. The largest absolute Gasteiger partial charge is 0.391 e. The molecule has 1 fully saturated rings. The van der Waals surface area contributed by atoms with Crippen molar-refractivity contribution < 1.29 is 9.84 Å². The van der Waals surface area contributed by atoms with E-state index in [-0.39, 0.29) is 12.2 Å². The van der Waals surface area contributed by atoms with Crippen molar-refractivity contribution in [3.63, 3.8) is 0 Å². The van der Waals surface area contributed by atoms with Crippen molar-refractivity contribution in [2.75, 3.05) is 0 Å². The third kappa shape index (κ3) is 6.93. The summed E-state index contributed by atoms with van der Waals surface area (Å²) in [5, 5.41) is 9.61. The molecule has 2 nitrogen and oxygen atoms in total. The molecule has 0 radical (unpaired) electrons. The van der Waals surface area contributed by atoms with E-state index in [1.807, 2.05) is 0 Å². The fourth-order valence-corrected chi connectivity index (χ4v) is 2.48. The third-order valence-electron chi connectivity index (χ3n) is 3.69. The fraction of sp³-hybridized carbons (Fsp3) is 0.765. The molecule has 0 aliphatic carbocycles. The Labute approximate surface area is 118 Å². The minimum Gasteiger partial charge on any atom is -0.391 e. The van der Waals surface area contributed by atoms with Gasteiger partial charge < -0.3 is 9.84 Å². The van der Waals surface area contributed by atoms with Gasteiger partial charge in [-0.05, 0) is 32.6 Å². The lowest BCUT2D eigenvalue weighted by atomic mass is 9.96. The highest BCUT2D eigenvalue weighted by Gasteiger charge is 2.26. The molecule has 0 unspecified atom stereocenters. The Bertz CT molecular complexity index is 281. The van der Waals surface area contributed by atoms with Gasteiger partial charge in [0.25, 0.3) is 0 Å². The number of allylic oxidation sites excluding steroid dienone is 1. The van der Waals surface area contributed by atoms with Crippen LogP contribution in [0, 0.1) is 0 Å². The molecule has 1 rings (SSSR count). The zero-order chi connectivity index (χ0) is 14.1. The van der Waals surface area contributed by atoms with Crippen molar-refractivity contribution in [3.05, 3.63) is 24.3 Å². The Morgan fingerprint density at radius 2 is 2.05 bits per heavy atom. The summed E-state index contributed by atoms with van der Waals surface area (Å²) in [6, 6.07) is 0. The van der Waals surface area contributed by atoms with Crippen molar-refractivity contribution in [3.8, 4) is 0 Å². The maximum Gasteiger partial charge on any atom is 0.0876 e. The van der Waals surface area contributed by atoms with Crippen LogP contribution >= 0.6 is 0 Å². The van der Waals surface area contributed by atoms with Gasteiger partial charge in [-0.1, -0.05) is 56.9 Å². The second-order valence-electron chi connectivity index (χ2n) is 5.74. The van der Waals surface area contributed by atoms with Gasteiger partial charge in [0.1, 0.15) is 0 Å². The van der Waals surface area contributed by atoms with E-state index < -0.39 is 6.10 Å². The first-order valence-electron chi connectivity index (χ1n) is 7.80. The van der Waals surface area contributed by atoms with Crippen molar-refractivity contribution in [1.29, 1.82) is 0 Å². The first-order valence-corrected chi connectivity index (χ1v) is 7.80. The molecule has 19 heavy (non-hydrogen) atoms. The summed E-state index contributed by atoms with van der Waals surface area (Å²) >= 11 is 0. The highest BCUT2D eigenvalue weighted by molar-refractivity contribution is 5.08. The van der Waals surface area contributed by atoms with Crippen LogP contribution in [0.3, 0.4) is 0 Å². The minimum absolute atomic E-state index is 0.0829. The number of hydrogen-bond donors (Lipinski definition) is 1. The number of unbranched alkanes of at least 4 members (excludes halogenated alkanes) is 5. The van der Waals surface area contributed by atoms with Crippen LogP contribution in [0.2, 0.25) is 0 Å². The molecular weight excluding hydrogens is 236 g/mol. The zero-order valence-electron chi connectivity index (χ0n) is 12.6. The van der Waals surface area contributed by atoms with E-state index in [0.717, 1.165) is 19.3 Å². The summed E-state index contributed by atoms with van der Waals surface area (Å²) in [6.07, 6.45) is 13.4. The SMILES string of the molecule is C=C1C[C@@H]([C@H](C)O)O[C@@H](/C=C/CCCCCCC)C1. The molecule has 0 amide bonds. The van der Waals surface area contributed by atoms with E-state index in [1.165, 1.54) is 37.7 Å². The highest BCUT2D eigenvalue weighted by Crippen LogP contribution is 2.25. The fourth-order valence-electron chi connectivity index (χ4n) is 2.48. The molecule has 0 aromatic rings. The Balaban J connectivity index is 2.21. The Hall–Kier alpha value is -0.600. The van der Waals surface area contributed by atoms with E-state index in [9.17, 15) is 5.11 Å². The van der Waals surface area contributed by atoms with Crippen molar-refractivity contribution in [2.45, 2.75) is 83.5 Å². The van der Waals surface area contributed by atoms with E-state index in [4.69, 9.17) is 4.74 Å². The van der Waals surface area contributed by atoms with Crippen molar-refractivity contribution in [2.24, 2.45) is 0 Å². The van der Waals surface area contributed by atoms with Gasteiger partial charge in [0, 0.05) is 0 Å². The van der Waals surface area contributed by atoms with Crippen LogP contribution < -0.4 is 0 Å². The number of ether oxygens (including phenoxy) is 1. The summed E-state index contributed by atoms with van der Waals surface area (Å²) in [5.74, 6) is 0. The minimum atomic E-state index is -0.415. The maximum atomic E-state index is 9.61. The average Bonchev–Trinajstić information content (AvgIpc) is 2.37. The smallest absolute Gasteiger partial charge is 0.0876 e. The lowest BCUT2D eigenvalue weighted by Gasteiger charge is -2.31. The standard InChI is InChI=1S/C17H30O2/c1-4-5-6-7-8-9-10-11-16-12-14(2)13-17(19-16)15(3)18/h10-11,15-18H,2,4-9,12-13H2,1,3H3/b11-10+/t15-,16-,17-/m0/s1. The van der Waals surface area contributed by atoms with Gasteiger partial charge in [-0.3, -0.25) is 0 Å². The summed E-state index contributed by atoms with van der Waals surface area (Å²) in [4.78, 5) is 0. The first-order chi connectivity index (χ1) is 9.13. The Morgan fingerprint density at radius 3 is 2.74 bits per heavy atom. The molecule has 1 saturated heterocycles. The van der Waals surface area contributed by atoms with Crippen LogP contribution in [0.5, 0.6) is 0 Å². The van der Waals surface area contributed by atoms with Gasteiger partial charge in [0.05, 0.1) is 18.3 Å². The quantitative estimate of drug-likeness (QED) is 0.521. The highest BCUT2D eigenvalue weighted by atomic mass is 16.5. The van der Waals surface area contributed by atoms with Crippen LogP contribution in [0.1, 0.15) is 65.2 Å². The Morgan fingerprint density at radius 1 is 1.32 bits per heavy atom. The van der Waals surface area contributed by atoms with Crippen molar-refractivity contribution >= 4 is 0 Å². The van der Waals surface area contributed by atoms with Gasteiger partial charge in [0.15, 0.2) is 0 Å². The molecule has 3 atom stereocenters. The molecular formula is C17H30O2. The van der Waals surface area contributed by atoms with Gasteiger partial charge in [-0.15, -0.1) is 0 Å². The zero-order valence-corrected chi connectivity index (χ0v) is 12.6. The molecule has 0 aromatic heterocycles. The lowest BCUT2D eigenvalue weighted by Crippen LogP contribution is -2.35. The number of aliphatic hydroxyl groups excluding tert-OH is 1. The van der Waals surface area contributed by atoms with E-state index >= 15 is 0 Å². The third-order valence-corrected chi connectivity index (χ3v) is 3.69. The topological polar surface area (TPSA) is 29.5 Å². The lowest BCUT2D eigenvalue weighted by molar-refractivity contribution is -0.0680. The van der Waals surface area contributed by atoms with Gasteiger partial charge in [0.2, 0.25) is 0 Å². The first kappa shape index (κ1) is 16.5. The molecule has 1 N–H and O–H groups in total. The summed E-state index contributed by atoms with van der Waals surface area (Å²) in [5.41, 5.74) is 1.19. The van der Waals surface area contributed by atoms with Gasteiger partial charge >= 0.3 is 0 Å². The summed E-state index contributed by atoms with van der Waals surface area (Å²) < 4.78 is 5.87. The Kier molecular flexibility index (Phi) is 8.08. The van der Waals surface area contributed by atoms with Crippen LogP contribution in [0.25, 0.3) is 0 Å². The van der Waals surface area contributed by atoms with Crippen LogP contribution in [-0.2, 0) is 4.74 Å². The predicted octanol–water partition coefficient (Wildman–Crippen LogP) is 4.39. The van der Waals surface area contributed by atoms with Crippen molar-refractivity contribution in [1.82, 2.24) is 0 Å². The monoisotopic (exact) mass is 266 g/mol. The van der Waals surface area contributed by atoms with Crippen LogP contribution in [-0.4, -0.2) is 23.4 Å². The second-order valence-corrected chi connectivity index (χ2v) is 5.74. The molecule has 2 heteroatoms. The number of rotatable bonds is 8. The molecule has 0 bridgehead atoms. The maximum absolute atomic E-state index is 9.61. The van der Waals surface area contributed by atoms with E-state index in [0.29, 0.717) is 0 Å². The molecule has 1 heterocycles. The molecule has 0 aromatic carbocycles. The predicted molar refractivity (Wildman–Crippen MR) is 81.2 cm³/mol. The number of aliphatic hydroxyl groups is 1. The summed E-state index contributed by atoms with van der Waals surface area (Å²) in [6.45, 7) is 8.08. The molecule has 110 valence electrons. The second kappa shape index (κ2) is 9.33. The van der Waals surface area contributed by atoms with Crippen LogP contribution in [0.15, 0.2) is 24.3 Å². The molecule has 1 aliphatic rings. The van der Waals surface area contributed by atoms with Gasteiger partial charge in [-0.25, -0.2) is 0 Å². The van der Waals surface area contributed by atoms with Gasteiger partial charge in [-0.2, -0.15) is 0 Å². The normalized spacial score (nSPS) is 25.9. The average molecular weight is 266 g/mol.